The minimum atomic E-state index is 0.113. The van der Waals surface area contributed by atoms with E-state index in [0.29, 0.717) is 0 Å². The van der Waals surface area contributed by atoms with Gasteiger partial charge in [0.05, 0.1) is 6.04 Å². The first-order valence-electron chi connectivity index (χ1n) is 5.53. The smallest absolute Gasteiger partial charge is 0.207 e. The molecule has 0 saturated heterocycles. The van der Waals surface area contributed by atoms with Crippen LogP contribution in [-0.2, 0) is 4.79 Å². The van der Waals surface area contributed by atoms with Crippen molar-refractivity contribution in [2.45, 2.75) is 19.4 Å². The van der Waals surface area contributed by atoms with Crippen molar-refractivity contribution in [3.05, 3.63) is 48.0 Å². The predicted molar refractivity (Wildman–Crippen MR) is 66.2 cm³/mol. The molecule has 1 atom stereocenters. The average Bonchev–Trinajstić information content (AvgIpc) is 2.35. The molecule has 0 aliphatic heterocycles. The standard InChI is InChI=1S/C14H15NO/c1-2-14(15-10-16)13-8-7-11-5-3-4-6-12(11)9-13/h3-10,14H,2H2,1H3,(H,15,16). The molecule has 16 heavy (non-hydrogen) atoms. The molecular weight excluding hydrogens is 198 g/mol. The zero-order valence-electron chi connectivity index (χ0n) is 9.31. The van der Waals surface area contributed by atoms with Gasteiger partial charge in [-0.3, -0.25) is 4.79 Å². The zero-order chi connectivity index (χ0) is 11.4. The molecule has 82 valence electrons. The number of hydrogen-bond donors (Lipinski definition) is 1. The van der Waals surface area contributed by atoms with E-state index >= 15 is 0 Å². The Balaban J connectivity index is 2.41. The summed E-state index contributed by atoms with van der Waals surface area (Å²) < 4.78 is 0. The first kappa shape index (κ1) is 10.7. The lowest BCUT2D eigenvalue weighted by atomic mass is 10.0. The second-order valence-corrected chi connectivity index (χ2v) is 3.85. The van der Waals surface area contributed by atoms with Gasteiger partial charge in [0.15, 0.2) is 0 Å². The number of amides is 1. The Hall–Kier alpha value is -1.83. The van der Waals surface area contributed by atoms with Gasteiger partial charge in [-0.2, -0.15) is 0 Å². The van der Waals surface area contributed by atoms with Crippen molar-refractivity contribution in [3.8, 4) is 0 Å². The van der Waals surface area contributed by atoms with Gasteiger partial charge in [0.2, 0.25) is 6.41 Å². The minimum Gasteiger partial charge on any atom is -0.352 e. The number of nitrogens with one attached hydrogen (secondary N) is 1. The van der Waals surface area contributed by atoms with Gasteiger partial charge in [-0.25, -0.2) is 0 Å². The van der Waals surface area contributed by atoms with Gasteiger partial charge in [-0.1, -0.05) is 43.3 Å². The van der Waals surface area contributed by atoms with Crippen molar-refractivity contribution in [3.63, 3.8) is 0 Å². The van der Waals surface area contributed by atoms with Gasteiger partial charge in [0.1, 0.15) is 0 Å². The fourth-order valence-electron chi connectivity index (χ4n) is 1.96. The molecule has 1 unspecified atom stereocenters. The number of fused-ring (bicyclic) bond motifs is 1. The lowest BCUT2D eigenvalue weighted by Gasteiger charge is -2.14. The van der Waals surface area contributed by atoms with E-state index in [1.165, 1.54) is 10.8 Å². The van der Waals surface area contributed by atoms with Gasteiger partial charge < -0.3 is 5.32 Å². The summed E-state index contributed by atoms with van der Waals surface area (Å²) in [5.41, 5.74) is 1.16. The Morgan fingerprint density at radius 2 is 1.94 bits per heavy atom. The van der Waals surface area contributed by atoms with Crippen molar-refractivity contribution in [1.29, 1.82) is 0 Å². The molecule has 0 radical (unpaired) electrons. The topological polar surface area (TPSA) is 29.1 Å². The van der Waals surface area contributed by atoms with Crippen LogP contribution in [0.1, 0.15) is 24.9 Å². The van der Waals surface area contributed by atoms with E-state index in [1.54, 1.807) is 0 Å². The summed E-state index contributed by atoms with van der Waals surface area (Å²) in [7, 11) is 0. The number of benzene rings is 2. The highest BCUT2D eigenvalue weighted by Crippen LogP contribution is 2.21. The first-order valence-corrected chi connectivity index (χ1v) is 5.53. The number of carbonyl (C=O) groups excluding carboxylic acids is 1. The number of hydrogen-bond acceptors (Lipinski definition) is 1. The molecule has 2 aromatic carbocycles. The highest BCUT2D eigenvalue weighted by molar-refractivity contribution is 5.83. The number of rotatable bonds is 4. The second kappa shape index (κ2) is 4.79. The van der Waals surface area contributed by atoms with Crippen molar-refractivity contribution in [2.75, 3.05) is 0 Å². The van der Waals surface area contributed by atoms with Crippen molar-refractivity contribution in [1.82, 2.24) is 5.32 Å². The van der Waals surface area contributed by atoms with Crippen LogP contribution in [0, 0.1) is 0 Å². The van der Waals surface area contributed by atoms with Crippen LogP contribution in [0.4, 0.5) is 0 Å². The maximum Gasteiger partial charge on any atom is 0.207 e. The SMILES string of the molecule is CCC(NC=O)c1ccc2ccccc2c1. The summed E-state index contributed by atoms with van der Waals surface area (Å²) in [4.78, 5) is 10.5. The molecule has 2 aromatic rings. The molecule has 0 aromatic heterocycles. The molecule has 0 fully saturated rings. The van der Waals surface area contributed by atoms with Crippen LogP contribution in [0.2, 0.25) is 0 Å². The van der Waals surface area contributed by atoms with E-state index in [2.05, 4.69) is 42.6 Å². The predicted octanol–water partition coefficient (Wildman–Crippen LogP) is 3.04. The van der Waals surface area contributed by atoms with Gasteiger partial charge in [0, 0.05) is 0 Å². The first-order chi connectivity index (χ1) is 7.85. The molecule has 0 heterocycles. The fraction of sp³-hybridized carbons (Fsp3) is 0.214. The highest BCUT2D eigenvalue weighted by Gasteiger charge is 2.07. The van der Waals surface area contributed by atoms with Gasteiger partial charge in [-0.15, -0.1) is 0 Å². The van der Waals surface area contributed by atoms with Crippen LogP contribution in [0.15, 0.2) is 42.5 Å². The van der Waals surface area contributed by atoms with Gasteiger partial charge >= 0.3 is 0 Å². The quantitative estimate of drug-likeness (QED) is 0.777. The average molecular weight is 213 g/mol. The monoisotopic (exact) mass is 213 g/mol. The maximum atomic E-state index is 10.5. The molecule has 0 spiro atoms. The summed E-state index contributed by atoms with van der Waals surface area (Å²) in [5.74, 6) is 0. The molecule has 2 nitrogen and oxygen atoms in total. The van der Waals surface area contributed by atoms with Crippen molar-refractivity contribution >= 4 is 17.2 Å². The highest BCUT2D eigenvalue weighted by atomic mass is 16.1. The van der Waals surface area contributed by atoms with Crippen LogP contribution < -0.4 is 5.32 Å². The van der Waals surface area contributed by atoms with E-state index in [0.717, 1.165) is 18.4 Å². The van der Waals surface area contributed by atoms with Crippen LogP contribution in [0.5, 0.6) is 0 Å². The van der Waals surface area contributed by atoms with Crippen molar-refractivity contribution in [2.24, 2.45) is 0 Å². The zero-order valence-corrected chi connectivity index (χ0v) is 9.31. The summed E-state index contributed by atoms with van der Waals surface area (Å²) in [6.45, 7) is 2.07. The summed E-state index contributed by atoms with van der Waals surface area (Å²) in [5, 5.41) is 5.28. The summed E-state index contributed by atoms with van der Waals surface area (Å²) in [6.07, 6.45) is 1.67. The van der Waals surface area contributed by atoms with E-state index in [1.807, 2.05) is 12.1 Å². The van der Waals surface area contributed by atoms with Crippen LogP contribution in [-0.4, -0.2) is 6.41 Å². The largest absolute Gasteiger partial charge is 0.352 e. The third-order valence-electron chi connectivity index (χ3n) is 2.85. The molecular formula is C14H15NO. The molecule has 0 aliphatic carbocycles. The molecule has 2 rings (SSSR count). The van der Waals surface area contributed by atoms with Crippen LogP contribution >= 0.6 is 0 Å². The van der Waals surface area contributed by atoms with Gasteiger partial charge in [-0.05, 0) is 28.8 Å². The van der Waals surface area contributed by atoms with E-state index < -0.39 is 0 Å². The molecule has 1 N–H and O–H groups in total. The Morgan fingerprint density at radius 1 is 1.19 bits per heavy atom. The lowest BCUT2D eigenvalue weighted by molar-refractivity contribution is -0.110. The molecule has 0 aliphatic rings. The Bertz CT molecular complexity index is 493. The van der Waals surface area contributed by atoms with Gasteiger partial charge in [0.25, 0.3) is 0 Å². The minimum absolute atomic E-state index is 0.113. The molecule has 0 saturated carbocycles. The van der Waals surface area contributed by atoms with Crippen molar-refractivity contribution < 1.29 is 4.79 Å². The lowest BCUT2D eigenvalue weighted by Crippen LogP contribution is -2.18. The van der Waals surface area contributed by atoms with E-state index in [4.69, 9.17) is 0 Å². The Kier molecular flexibility index (Phi) is 3.20. The van der Waals surface area contributed by atoms with E-state index in [-0.39, 0.29) is 6.04 Å². The summed E-state index contributed by atoms with van der Waals surface area (Å²) >= 11 is 0. The summed E-state index contributed by atoms with van der Waals surface area (Å²) in [6, 6.07) is 14.7. The Morgan fingerprint density at radius 3 is 2.62 bits per heavy atom. The fourth-order valence-corrected chi connectivity index (χ4v) is 1.96. The maximum absolute atomic E-state index is 10.5. The molecule has 0 bridgehead atoms. The van der Waals surface area contributed by atoms with E-state index in [9.17, 15) is 4.79 Å². The van der Waals surface area contributed by atoms with Crippen LogP contribution in [0.25, 0.3) is 10.8 Å². The third-order valence-corrected chi connectivity index (χ3v) is 2.85. The Labute approximate surface area is 95.3 Å². The third kappa shape index (κ3) is 2.06. The second-order valence-electron chi connectivity index (χ2n) is 3.85. The normalized spacial score (nSPS) is 12.3. The molecule has 2 heteroatoms. The van der Waals surface area contributed by atoms with Crippen LogP contribution in [0.3, 0.4) is 0 Å². The molecule has 1 amide bonds. The number of carbonyl (C=O) groups is 1.